The summed E-state index contributed by atoms with van der Waals surface area (Å²) in [6.45, 7) is 4.51. The number of nitrogen functional groups attached to an aromatic ring is 1. The third-order valence-corrected chi connectivity index (χ3v) is 3.14. The zero-order chi connectivity index (χ0) is 14.0. The summed E-state index contributed by atoms with van der Waals surface area (Å²) in [6, 6.07) is 5.64. The molecule has 0 aliphatic heterocycles. The normalized spacial score (nSPS) is 10.5. The lowest BCUT2D eigenvalue weighted by Gasteiger charge is -2.06. The van der Waals surface area contributed by atoms with E-state index in [2.05, 4.69) is 5.10 Å². The summed E-state index contributed by atoms with van der Waals surface area (Å²) in [4.78, 5) is 11.2. The Balaban J connectivity index is 2.61. The van der Waals surface area contributed by atoms with Crippen LogP contribution >= 0.6 is 0 Å². The first-order valence-corrected chi connectivity index (χ1v) is 6.08. The fraction of sp³-hybridized carbons (Fsp3) is 0.286. The molecule has 2 aromatic rings. The number of nitrogens with two attached hydrogens (primary N) is 1. The molecule has 0 fully saturated rings. The largest absolute Gasteiger partial charge is 0.497 e. The van der Waals surface area contributed by atoms with E-state index in [1.54, 1.807) is 11.8 Å². The number of hydrogen-bond donors (Lipinski definition) is 1. The molecular formula is C14H17N3O2. The van der Waals surface area contributed by atoms with Gasteiger partial charge in [-0.2, -0.15) is 5.10 Å². The van der Waals surface area contributed by atoms with E-state index in [1.165, 1.54) is 0 Å². The second-order valence-electron chi connectivity index (χ2n) is 4.26. The minimum absolute atomic E-state index is 0.405. The van der Waals surface area contributed by atoms with Gasteiger partial charge in [0.05, 0.1) is 12.7 Å². The lowest BCUT2D eigenvalue weighted by Crippen LogP contribution is -2.02. The van der Waals surface area contributed by atoms with Crippen molar-refractivity contribution in [2.45, 2.75) is 20.4 Å². The number of aryl methyl sites for hydroxylation is 2. The third-order valence-electron chi connectivity index (χ3n) is 3.14. The second-order valence-corrected chi connectivity index (χ2v) is 4.26. The molecule has 0 amide bonds. The molecule has 100 valence electrons. The number of hydrogen-bond acceptors (Lipinski definition) is 4. The number of aromatic nitrogens is 2. The van der Waals surface area contributed by atoms with Crippen molar-refractivity contribution in [3.8, 4) is 17.0 Å². The number of rotatable bonds is 4. The number of carbonyl (C=O) groups is 1. The average molecular weight is 259 g/mol. The van der Waals surface area contributed by atoms with Crippen LogP contribution in [-0.2, 0) is 6.54 Å². The Morgan fingerprint density at radius 1 is 1.47 bits per heavy atom. The van der Waals surface area contributed by atoms with E-state index in [1.807, 2.05) is 32.0 Å². The number of aldehydes is 1. The van der Waals surface area contributed by atoms with Crippen LogP contribution in [0.2, 0.25) is 0 Å². The Hall–Kier alpha value is -2.30. The number of carbonyl (C=O) groups excluding carboxylic acids is 1. The summed E-state index contributed by atoms with van der Waals surface area (Å²) in [5, 5.41) is 4.41. The summed E-state index contributed by atoms with van der Waals surface area (Å²) < 4.78 is 6.80. The summed E-state index contributed by atoms with van der Waals surface area (Å²) in [5.41, 5.74) is 8.85. The number of ether oxygens (including phenoxy) is 1. The molecule has 0 aliphatic rings. The van der Waals surface area contributed by atoms with Crippen molar-refractivity contribution in [3.05, 3.63) is 29.3 Å². The number of nitrogens with zero attached hydrogens (tertiary/aromatic N) is 2. The Morgan fingerprint density at radius 3 is 2.74 bits per heavy atom. The van der Waals surface area contributed by atoms with Crippen molar-refractivity contribution >= 4 is 12.1 Å². The van der Waals surface area contributed by atoms with Crippen LogP contribution in [0.3, 0.4) is 0 Å². The molecule has 5 nitrogen and oxygen atoms in total. The molecule has 0 saturated heterocycles. The van der Waals surface area contributed by atoms with E-state index >= 15 is 0 Å². The standard InChI is InChI=1S/C14H17N3O2/c1-4-17-14(15)12(8-18)13(16-17)11-6-5-10(19-3)7-9(11)2/h5-8H,4,15H2,1-3H3. The highest BCUT2D eigenvalue weighted by Crippen LogP contribution is 2.30. The van der Waals surface area contributed by atoms with E-state index < -0.39 is 0 Å². The predicted octanol–water partition coefficient (Wildman–Crippen LogP) is 2.28. The Kier molecular flexibility index (Phi) is 3.55. The predicted molar refractivity (Wildman–Crippen MR) is 74.4 cm³/mol. The highest BCUT2D eigenvalue weighted by Gasteiger charge is 2.17. The maximum Gasteiger partial charge on any atom is 0.156 e. The van der Waals surface area contributed by atoms with Crippen LogP contribution in [0.1, 0.15) is 22.8 Å². The summed E-state index contributed by atoms with van der Waals surface area (Å²) in [7, 11) is 1.62. The molecule has 2 N–H and O–H groups in total. The topological polar surface area (TPSA) is 70.1 Å². The van der Waals surface area contributed by atoms with Crippen LogP contribution in [0.15, 0.2) is 18.2 Å². The van der Waals surface area contributed by atoms with Crippen LogP contribution in [0.25, 0.3) is 11.3 Å². The molecule has 0 radical (unpaired) electrons. The lowest BCUT2D eigenvalue weighted by atomic mass is 10.0. The van der Waals surface area contributed by atoms with Gasteiger partial charge in [-0.15, -0.1) is 0 Å². The minimum atomic E-state index is 0.405. The highest BCUT2D eigenvalue weighted by atomic mass is 16.5. The van der Waals surface area contributed by atoms with Gasteiger partial charge in [-0.05, 0) is 37.6 Å². The van der Waals surface area contributed by atoms with Gasteiger partial charge >= 0.3 is 0 Å². The molecule has 0 unspecified atom stereocenters. The van der Waals surface area contributed by atoms with Crippen LogP contribution in [0, 0.1) is 6.92 Å². The lowest BCUT2D eigenvalue weighted by molar-refractivity contribution is 0.112. The van der Waals surface area contributed by atoms with Crippen LogP contribution in [0.4, 0.5) is 5.82 Å². The maximum atomic E-state index is 11.2. The van der Waals surface area contributed by atoms with Gasteiger partial charge < -0.3 is 10.5 Å². The van der Waals surface area contributed by atoms with Gasteiger partial charge in [0.25, 0.3) is 0 Å². The SMILES string of the molecule is CCn1nc(-c2ccc(OC)cc2C)c(C=O)c1N. The third kappa shape index (κ3) is 2.19. The maximum absolute atomic E-state index is 11.2. The second kappa shape index (κ2) is 5.14. The number of methoxy groups -OCH3 is 1. The zero-order valence-corrected chi connectivity index (χ0v) is 11.3. The van der Waals surface area contributed by atoms with E-state index in [0.717, 1.165) is 23.2 Å². The first-order valence-electron chi connectivity index (χ1n) is 6.08. The van der Waals surface area contributed by atoms with E-state index in [0.29, 0.717) is 23.6 Å². The Labute approximate surface area is 112 Å². The monoisotopic (exact) mass is 259 g/mol. The fourth-order valence-electron chi connectivity index (χ4n) is 2.07. The summed E-state index contributed by atoms with van der Waals surface area (Å²) >= 11 is 0. The van der Waals surface area contributed by atoms with E-state index in [4.69, 9.17) is 10.5 Å². The summed E-state index contributed by atoms with van der Waals surface area (Å²) in [5.74, 6) is 1.18. The van der Waals surface area contributed by atoms with Crippen LogP contribution < -0.4 is 10.5 Å². The van der Waals surface area contributed by atoms with Gasteiger partial charge in [0.2, 0.25) is 0 Å². The molecule has 19 heavy (non-hydrogen) atoms. The van der Waals surface area contributed by atoms with Gasteiger partial charge in [-0.1, -0.05) is 0 Å². The van der Waals surface area contributed by atoms with E-state index in [9.17, 15) is 4.79 Å². The quantitative estimate of drug-likeness (QED) is 0.855. The molecule has 0 aliphatic carbocycles. The van der Waals surface area contributed by atoms with Gasteiger partial charge in [0.15, 0.2) is 6.29 Å². The van der Waals surface area contributed by atoms with Crippen LogP contribution in [-0.4, -0.2) is 23.2 Å². The average Bonchev–Trinajstić information content (AvgIpc) is 2.74. The zero-order valence-electron chi connectivity index (χ0n) is 11.3. The molecule has 0 spiro atoms. The summed E-state index contributed by atoms with van der Waals surface area (Å²) in [6.07, 6.45) is 0.757. The van der Waals surface area contributed by atoms with Crippen molar-refractivity contribution in [2.24, 2.45) is 0 Å². The number of benzene rings is 1. The molecule has 5 heteroatoms. The fourth-order valence-corrected chi connectivity index (χ4v) is 2.07. The molecule has 1 aromatic heterocycles. The van der Waals surface area contributed by atoms with Crippen LogP contribution in [0.5, 0.6) is 5.75 Å². The molecule has 0 saturated carbocycles. The van der Waals surface area contributed by atoms with Crippen molar-refractivity contribution in [1.82, 2.24) is 9.78 Å². The van der Waals surface area contributed by atoms with Crippen molar-refractivity contribution < 1.29 is 9.53 Å². The Morgan fingerprint density at radius 2 is 2.21 bits per heavy atom. The number of anilines is 1. The molecule has 0 atom stereocenters. The molecule has 0 bridgehead atoms. The first kappa shape index (κ1) is 13.1. The molecule has 1 aromatic carbocycles. The van der Waals surface area contributed by atoms with Gasteiger partial charge in [-0.25, -0.2) is 4.68 Å². The van der Waals surface area contributed by atoms with Gasteiger partial charge in [0.1, 0.15) is 17.3 Å². The Bertz CT molecular complexity index is 617. The van der Waals surface area contributed by atoms with E-state index in [-0.39, 0.29) is 0 Å². The van der Waals surface area contributed by atoms with Gasteiger partial charge in [-0.3, -0.25) is 4.79 Å². The highest BCUT2D eigenvalue weighted by molar-refractivity contribution is 5.92. The molecule has 1 heterocycles. The van der Waals surface area contributed by atoms with Crippen molar-refractivity contribution in [1.29, 1.82) is 0 Å². The van der Waals surface area contributed by atoms with Gasteiger partial charge in [0, 0.05) is 12.1 Å². The molecular weight excluding hydrogens is 242 g/mol. The van der Waals surface area contributed by atoms with Crippen molar-refractivity contribution in [2.75, 3.05) is 12.8 Å². The molecule has 2 rings (SSSR count). The smallest absolute Gasteiger partial charge is 0.156 e. The van der Waals surface area contributed by atoms with Crippen molar-refractivity contribution in [3.63, 3.8) is 0 Å². The minimum Gasteiger partial charge on any atom is -0.497 e. The first-order chi connectivity index (χ1) is 9.12.